The van der Waals surface area contributed by atoms with Gasteiger partial charge in [-0.3, -0.25) is 4.79 Å². The standard InChI is InChI=1S/C25H34O2/c1-2-3-4-5-6-10-13-24(25(26)27)19-18-21-14-16-23(17-15-21)20-22-11-8-7-9-12-22/h7-9,11-12,14-17,24H,2-6,10,13,18-20H2,1H3,(H,26,27). The molecule has 0 heterocycles. The smallest absolute Gasteiger partial charge is 0.306 e. The molecule has 2 nitrogen and oxygen atoms in total. The van der Waals surface area contributed by atoms with Gasteiger partial charge in [-0.2, -0.15) is 0 Å². The SMILES string of the molecule is CCCCCCCCC(CCc1ccc(Cc2ccccc2)cc1)C(=O)O. The number of hydrogen-bond acceptors (Lipinski definition) is 1. The molecule has 1 unspecified atom stereocenters. The Balaban J connectivity index is 1.75. The summed E-state index contributed by atoms with van der Waals surface area (Å²) in [6, 6.07) is 19.1. The molecule has 0 fully saturated rings. The number of carboxylic acids is 1. The van der Waals surface area contributed by atoms with E-state index in [1.165, 1.54) is 42.4 Å². The molecule has 27 heavy (non-hydrogen) atoms. The zero-order valence-corrected chi connectivity index (χ0v) is 16.7. The topological polar surface area (TPSA) is 37.3 Å². The molecule has 1 atom stereocenters. The molecule has 0 aromatic heterocycles. The third-order valence-corrected chi connectivity index (χ3v) is 5.31. The Kier molecular flexibility index (Phi) is 9.68. The fraction of sp³-hybridized carbons (Fsp3) is 0.480. The van der Waals surface area contributed by atoms with Gasteiger partial charge in [-0.05, 0) is 42.4 Å². The fourth-order valence-electron chi connectivity index (χ4n) is 3.56. The molecule has 0 aliphatic rings. The molecule has 0 radical (unpaired) electrons. The van der Waals surface area contributed by atoms with Gasteiger partial charge in [0, 0.05) is 0 Å². The Morgan fingerprint density at radius 3 is 2.04 bits per heavy atom. The highest BCUT2D eigenvalue weighted by Gasteiger charge is 2.16. The minimum Gasteiger partial charge on any atom is -0.481 e. The Labute approximate surface area is 164 Å². The Morgan fingerprint density at radius 1 is 0.778 bits per heavy atom. The minimum atomic E-state index is -0.635. The monoisotopic (exact) mass is 366 g/mol. The van der Waals surface area contributed by atoms with Crippen LogP contribution in [-0.2, 0) is 17.6 Å². The van der Waals surface area contributed by atoms with Crippen LogP contribution in [0.15, 0.2) is 54.6 Å². The Morgan fingerprint density at radius 2 is 1.37 bits per heavy atom. The fourth-order valence-corrected chi connectivity index (χ4v) is 3.56. The van der Waals surface area contributed by atoms with Crippen molar-refractivity contribution < 1.29 is 9.90 Å². The molecule has 2 heteroatoms. The highest BCUT2D eigenvalue weighted by molar-refractivity contribution is 5.69. The van der Waals surface area contributed by atoms with Crippen LogP contribution in [0.2, 0.25) is 0 Å². The van der Waals surface area contributed by atoms with E-state index in [1.54, 1.807) is 0 Å². The quantitative estimate of drug-likeness (QED) is 0.402. The summed E-state index contributed by atoms with van der Waals surface area (Å²) in [6.45, 7) is 2.22. The lowest BCUT2D eigenvalue weighted by molar-refractivity contribution is -0.142. The average Bonchev–Trinajstić information content (AvgIpc) is 2.68. The van der Waals surface area contributed by atoms with Gasteiger partial charge in [0.25, 0.3) is 0 Å². The zero-order valence-electron chi connectivity index (χ0n) is 16.7. The second-order valence-corrected chi connectivity index (χ2v) is 7.61. The molecule has 2 aromatic rings. The maximum absolute atomic E-state index is 11.5. The van der Waals surface area contributed by atoms with Crippen molar-refractivity contribution in [1.29, 1.82) is 0 Å². The van der Waals surface area contributed by atoms with Gasteiger partial charge in [-0.25, -0.2) is 0 Å². The van der Waals surface area contributed by atoms with Crippen LogP contribution in [-0.4, -0.2) is 11.1 Å². The summed E-state index contributed by atoms with van der Waals surface area (Å²) in [7, 11) is 0. The van der Waals surface area contributed by atoms with E-state index in [4.69, 9.17) is 0 Å². The van der Waals surface area contributed by atoms with Gasteiger partial charge in [0.05, 0.1) is 5.92 Å². The molecule has 0 bridgehead atoms. The third-order valence-electron chi connectivity index (χ3n) is 5.31. The van der Waals surface area contributed by atoms with Crippen molar-refractivity contribution in [3.8, 4) is 0 Å². The number of benzene rings is 2. The van der Waals surface area contributed by atoms with Crippen molar-refractivity contribution in [2.45, 2.75) is 71.1 Å². The number of unbranched alkanes of at least 4 members (excludes halogenated alkanes) is 5. The van der Waals surface area contributed by atoms with Gasteiger partial charge in [-0.15, -0.1) is 0 Å². The van der Waals surface area contributed by atoms with E-state index in [0.29, 0.717) is 0 Å². The third kappa shape index (κ3) is 8.43. The molecule has 2 aromatic carbocycles. The number of carboxylic acid groups (broad SMARTS) is 1. The maximum Gasteiger partial charge on any atom is 0.306 e. The Bertz CT molecular complexity index is 646. The van der Waals surface area contributed by atoms with Gasteiger partial charge in [0.15, 0.2) is 0 Å². The van der Waals surface area contributed by atoms with E-state index < -0.39 is 5.97 Å². The normalized spacial score (nSPS) is 12.0. The van der Waals surface area contributed by atoms with Gasteiger partial charge in [-0.1, -0.05) is 100 Å². The predicted molar refractivity (Wildman–Crippen MR) is 113 cm³/mol. The van der Waals surface area contributed by atoms with Crippen molar-refractivity contribution >= 4 is 5.97 Å². The summed E-state index contributed by atoms with van der Waals surface area (Å²) in [5, 5.41) is 9.50. The summed E-state index contributed by atoms with van der Waals surface area (Å²) in [4.78, 5) is 11.5. The first-order chi connectivity index (χ1) is 13.2. The number of aliphatic carboxylic acids is 1. The lowest BCUT2D eigenvalue weighted by Gasteiger charge is -2.12. The van der Waals surface area contributed by atoms with Crippen molar-refractivity contribution in [2.24, 2.45) is 5.92 Å². The molecule has 0 saturated heterocycles. The van der Waals surface area contributed by atoms with E-state index in [2.05, 4.69) is 55.5 Å². The molecular formula is C25H34O2. The maximum atomic E-state index is 11.5. The van der Waals surface area contributed by atoms with Crippen LogP contribution in [0.1, 0.15) is 75.0 Å². The van der Waals surface area contributed by atoms with Crippen molar-refractivity contribution in [3.63, 3.8) is 0 Å². The summed E-state index contributed by atoms with van der Waals surface area (Å²) in [5.41, 5.74) is 3.85. The minimum absolute atomic E-state index is 0.208. The van der Waals surface area contributed by atoms with Crippen LogP contribution in [0.3, 0.4) is 0 Å². The molecule has 0 saturated carbocycles. The zero-order chi connectivity index (χ0) is 19.3. The van der Waals surface area contributed by atoms with Gasteiger partial charge in [0.1, 0.15) is 0 Å². The van der Waals surface area contributed by atoms with Crippen molar-refractivity contribution in [3.05, 3.63) is 71.3 Å². The van der Waals surface area contributed by atoms with Gasteiger partial charge < -0.3 is 5.11 Å². The average molecular weight is 367 g/mol. The van der Waals surface area contributed by atoms with Crippen LogP contribution < -0.4 is 0 Å². The van der Waals surface area contributed by atoms with Crippen LogP contribution >= 0.6 is 0 Å². The predicted octanol–water partition coefficient (Wildman–Crippen LogP) is 6.66. The Hall–Kier alpha value is -2.09. The molecule has 0 spiro atoms. The number of carbonyl (C=O) groups is 1. The second kappa shape index (κ2) is 12.3. The molecule has 0 aliphatic carbocycles. The van der Waals surface area contributed by atoms with E-state index in [0.717, 1.165) is 38.5 Å². The van der Waals surface area contributed by atoms with Crippen LogP contribution in [0.25, 0.3) is 0 Å². The largest absolute Gasteiger partial charge is 0.481 e. The number of hydrogen-bond donors (Lipinski definition) is 1. The first kappa shape index (κ1) is 21.2. The summed E-state index contributed by atoms with van der Waals surface area (Å²) < 4.78 is 0. The number of rotatable bonds is 13. The highest BCUT2D eigenvalue weighted by Crippen LogP contribution is 2.19. The van der Waals surface area contributed by atoms with Crippen LogP contribution in [0.4, 0.5) is 0 Å². The summed E-state index contributed by atoms with van der Waals surface area (Å²) in [5.74, 6) is -0.843. The van der Waals surface area contributed by atoms with Crippen LogP contribution in [0.5, 0.6) is 0 Å². The van der Waals surface area contributed by atoms with E-state index in [9.17, 15) is 9.90 Å². The molecule has 1 N–H and O–H groups in total. The van der Waals surface area contributed by atoms with E-state index in [-0.39, 0.29) is 5.92 Å². The lowest BCUT2D eigenvalue weighted by Crippen LogP contribution is -2.14. The second-order valence-electron chi connectivity index (χ2n) is 7.61. The molecule has 2 rings (SSSR count). The summed E-state index contributed by atoms with van der Waals surface area (Å²) >= 11 is 0. The van der Waals surface area contributed by atoms with Gasteiger partial charge >= 0.3 is 5.97 Å². The van der Waals surface area contributed by atoms with Crippen molar-refractivity contribution in [2.75, 3.05) is 0 Å². The number of aryl methyl sites for hydroxylation is 1. The van der Waals surface area contributed by atoms with E-state index >= 15 is 0 Å². The van der Waals surface area contributed by atoms with E-state index in [1.807, 2.05) is 6.07 Å². The van der Waals surface area contributed by atoms with Crippen LogP contribution in [0, 0.1) is 5.92 Å². The lowest BCUT2D eigenvalue weighted by atomic mass is 9.93. The van der Waals surface area contributed by atoms with Gasteiger partial charge in [0.2, 0.25) is 0 Å². The van der Waals surface area contributed by atoms with Crippen molar-refractivity contribution in [1.82, 2.24) is 0 Å². The summed E-state index contributed by atoms with van der Waals surface area (Å²) in [6.07, 6.45) is 10.6. The highest BCUT2D eigenvalue weighted by atomic mass is 16.4. The first-order valence-electron chi connectivity index (χ1n) is 10.5. The molecule has 146 valence electrons. The first-order valence-corrected chi connectivity index (χ1v) is 10.5. The molecule has 0 aliphatic heterocycles. The molecular weight excluding hydrogens is 332 g/mol. The molecule has 0 amide bonds.